The Labute approximate surface area is 116 Å². The van der Waals surface area contributed by atoms with E-state index in [2.05, 4.69) is 5.32 Å². The molecule has 0 saturated heterocycles. The fraction of sp³-hybridized carbons (Fsp3) is 0. The van der Waals surface area contributed by atoms with E-state index in [1.807, 2.05) is 0 Å². The van der Waals surface area contributed by atoms with Crippen molar-refractivity contribution in [3.8, 4) is 0 Å². The number of anilines is 1. The molecule has 0 bridgehead atoms. The summed E-state index contributed by atoms with van der Waals surface area (Å²) in [6.07, 6.45) is 0. The number of nitro benzene ring substituents is 1. The Morgan fingerprint density at radius 2 is 1.67 bits per heavy atom. The first-order valence-corrected chi connectivity index (χ1v) is 5.59. The van der Waals surface area contributed by atoms with Crippen molar-refractivity contribution in [3.05, 3.63) is 69.5 Å². The van der Waals surface area contributed by atoms with E-state index in [1.165, 1.54) is 12.1 Å². The van der Waals surface area contributed by atoms with Gasteiger partial charge >= 0.3 is 5.69 Å². The molecule has 0 fully saturated rings. The minimum absolute atomic E-state index is 0.0895. The SMILES string of the molecule is O=C(Nc1ccc(F)cc1)c1c(F)ccc([N+](=O)[O-])c1F. The second-order valence-corrected chi connectivity index (χ2v) is 3.97. The number of hydrogen-bond acceptors (Lipinski definition) is 3. The van der Waals surface area contributed by atoms with Gasteiger partial charge in [-0.3, -0.25) is 14.9 Å². The normalized spacial score (nSPS) is 10.2. The summed E-state index contributed by atoms with van der Waals surface area (Å²) < 4.78 is 40.0. The number of carbonyl (C=O) groups is 1. The lowest BCUT2D eigenvalue weighted by Crippen LogP contribution is -2.16. The number of hydrogen-bond donors (Lipinski definition) is 1. The van der Waals surface area contributed by atoms with Crippen LogP contribution in [0.2, 0.25) is 0 Å². The minimum Gasteiger partial charge on any atom is -0.322 e. The summed E-state index contributed by atoms with van der Waals surface area (Å²) in [6, 6.07) is 5.69. The Morgan fingerprint density at radius 1 is 1.05 bits per heavy atom. The molecule has 108 valence electrons. The van der Waals surface area contributed by atoms with E-state index >= 15 is 0 Å². The average molecular weight is 296 g/mol. The van der Waals surface area contributed by atoms with Crippen LogP contribution in [-0.2, 0) is 0 Å². The van der Waals surface area contributed by atoms with Crippen molar-refractivity contribution in [1.82, 2.24) is 0 Å². The molecule has 0 aliphatic rings. The topological polar surface area (TPSA) is 72.2 Å². The second-order valence-electron chi connectivity index (χ2n) is 3.97. The molecule has 0 heterocycles. The highest BCUT2D eigenvalue weighted by atomic mass is 19.1. The third-order valence-corrected chi connectivity index (χ3v) is 2.60. The quantitative estimate of drug-likeness (QED) is 0.698. The number of rotatable bonds is 3. The van der Waals surface area contributed by atoms with Gasteiger partial charge < -0.3 is 5.32 Å². The minimum atomic E-state index is -1.57. The molecule has 0 aliphatic carbocycles. The maximum atomic E-state index is 13.8. The molecule has 0 unspecified atom stereocenters. The van der Waals surface area contributed by atoms with E-state index in [-0.39, 0.29) is 5.69 Å². The van der Waals surface area contributed by atoms with Gasteiger partial charge in [0.05, 0.1) is 4.92 Å². The smallest absolute Gasteiger partial charge is 0.305 e. The van der Waals surface area contributed by atoms with E-state index in [4.69, 9.17) is 0 Å². The zero-order chi connectivity index (χ0) is 15.6. The number of nitrogens with one attached hydrogen (secondary N) is 1. The Kier molecular flexibility index (Phi) is 3.88. The first-order chi connectivity index (χ1) is 9.90. The summed E-state index contributed by atoms with van der Waals surface area (Å²) in [5.74, 6) is -4.57. The number of nitrogens with zero attached hydrogens (tertiary/aromatic N) is 1. The third-order valence-electron chi connectivity index (χ3n) is 2.60. The van der Waals surface area contributed by atoms with Gasteiger partial charge in [0.25, 0.3) is 5.91 Å². The molecule has 5 nitrogen and oxygen atoms in total. The highest BCUT2D eigenvalue weighted by Gasteiger charge is 2.26. The molecule has 0 aromatic heterocycles. The van der Waals surface area contributed by atoms with Crippen LogP contribution in [0.4, 0.5) is 24.5 Å². The lowest BCUT2D eigenvalue weighted by atomic mass is 10.1. The van der Waals surface area contributed by atoms with E-state index in [0.717, 1.165) is 12.1 Å². The fourth-order valence-corrected chi connectivity index (χ4v) is 1.62. The van der Waals surface area contributed by atoms with Crippen molar-refractivity contribution >= 4 is 17.3 Å². The molecule has 21 heavy (non-hydrogen) atoms. The summed E-state index contributed by atoms with van der Waals surface area (Å²) in [7, 11) is 0. The Hall–Kier alpha value is -2.90. The van der Waals surface area contributed by atoms with Crippen molar-refractivity contribution in [2.45, 2.75) is 0 Å². The van der Waals surface area contributed by atoms with Gasteiger partial charge in [-0.05, 0) is 30.3 Å². The molecule has 8 heteroatoms. The van der Waals surface area contributed by atoms with Crippen molar-refractivity contribution in [2.75, 3.05) is 5.32 Å². The van der Waals surface area contributed by atoms with Crippen molar-refractivity contribution in [1.29, 1.82) is 0 Å². The molecule has 0 radical (unpaired) electrons. The Bertz CT molecular complexity index is 717. The average Bonchev–Trinajstić information content (AvgIpc) is 2.41. The first-order valence-electron chi connectivity index (χ1n) is 5.59. The second kappa shape index (κ2) is 5.61. The highest BCUT2D eigenvalue weighted by Crippen LogP contribution is 2.24. The number of benzene rings is 2. The van der Waals surface area contributed by atoms with Gasteiger partial charge in [0.15, 0.2) is 0 Å². The van der Waals surface area contributed by atoms with Gasteiger partial charge in [-0.25, -0.2) is 8.78 Å². The monoisotopic (exact) mass is 296 g/mol. The van der Waals surface area contributed by atoms with E-state index in [0.29, 0.717) is 12.1 Å². The maximum absolute atomic E-state index is 13.8. The molecule has 2 aromatic rings. The third kappa shape index (κ3) is 2.99. The Balaban J connectivity index is 2.37. The highest BCUT2D eigenvalue weighted by molar-refractivity contribution is 6.05. The summed E-state index contributed by atoms with van der Waals surface area (Å²) >= 11 is 0. The fourth-order valence-electron chi connectivity index (χ4n) is 1.62. The summed E-state index contributed by atoms with van der Waals surface area (Å²) in [6.45, 7) is 0. The molecule has 1 amide bonds. The van der Waals surface area contributed by atoms with Crippen molar-refractivity contribution in [3.63, 3.8) is 0 Å². The predicted molar refractivity (Wildman–Crippen MR) is 67.4 cm³/mol. The molecular formula is C13H7F3N2O3. The number of amides is 1. The lowest BCUT2D eigenvalue weighted by Gasteiger charge is -2.07. The van der Waals surface area contributed by atoms with Crippen LogP contribution in [0.1, 0.15) is 10.4 Å². The van der Waals surface area contributed by atoms with Gasteiger partial charge in [0.2, 0.25) is 5.82 Å². The molecule has 0 atom stereocenters. The molecule has 1 N–H and O–H groups in total. The molecular weight excluding hydrogens is 289 g/mol. The standard InChI is InChI=1S/C13H7F3N2O3/c14-7-1-3-8(4-2-7)17-13(19)11-9(15)5-6-10(12(11)16)18(20)21/h1-6H,(H,17,19). The van der Waals surface area contributed by atoms with Crippen LogP contribution in [0.5, 0.6) is 0 Å². The largest absolute Gasteiger partial charge is 0.322 e. The van der Waals surface area contributed by atoms with Crippen LogP contribution in [0.3, 0.4) is 0 Å². The van der Waals surface area contributed by atoms with Crippen molar-refractivity contribution < 1.29 is 22.9 Å². The molecule has 0 saturated carbocycles. The van der Waals surface area contributed by atoms with Gasteiger partial charge in [-0.1, -0.05) is 0 Å². The number of halogens is 3. The molecule has 0 spiro atoms. The molecule has 2 rings (SSSR count). The van der Waals surface area contributed by atoms with Gasteiger partial charge in [0.1, 0.15) is 17.2 Å². The van der Waals surface area contributed by atoms with E-state index in [1.54, 1.807) is 0 Å². The molecule has 0 aliphatic heterocycles. The van der Waals surface area contributed by atoms with Gasteiger partial charge in [0, 0.05) is 11.8 Å². The summed E-state index contributed by atoms with van der Waals surface area (Å²) in [5, 5.41) is 12.7. The summed E-state index contributed by atoms with van der Waals surface area (Å²) in [4.78, 5) is 21.3. The van der Waals surface area contributed by atoms with Crippen molar-refractivity contribution in [2.24, 2.45) is 0 Å². The van der Waals surface area contributed by atoms with Crippen LogP contribution in [-0.4, -0.2) is 10.8 Å². The van der Waals surface area contributed by atoms with Crippen LogP contribution >= 0.6 is 0 Å². The number of nitro groups is 1. The van der Waals surface area contributed by atoms with Gasteiger partial charge in [-0.15, -0.1) is 0 Å². The zero-order valence-corrected chi connectivity index (χ0v) is 10.3. The Morgan fingerprint density at radius 3 is 2.24 bits per heavy atom. The summed E-state index contributed by atoms with van der Waals surface area (Å²) in [5.41, 5.74) is -2.00. The first kappa shape index (κ1) is 14.5. The zero-order valence-electron chi connectivity index (χ0n) is 10.3. The lowest BCUT2D eigenvalue weighted by molar-refractivity contribution is -0.387. The van der Waals surface area contributed by atoms with Crippen LogP contribution in [0.25, 0.3) is 0 Å². The number of carbonyl (C=O) groups excluding carboxylic acids is 1. The van der Waals surface area contributed by atoms with Crippen LogP contribution in [0.15, 0.2) is 36.4 Å². The van der Waals surface area contributed by atoms with Crippen LogP contribution < -0.4 is 5.32 Å². The van der Waals surface area contributed by atoms with Crippen LogP contribution in [0, 0.1) is 27.6 Å². The predicted octanol–water partition coefficient (Wildman–Crippen LogP) is 3.26. The molecule has 2 aromatic carbocycles. The van der Waals surface area contributed by atoms with Gasteiger partial charge in [-0.2, -0.15) is 4.39 Å². The van der Waals surface area contributed by atoms with E-state index < -0.39 is 39.5 Å². The maximum Gasteiger partial charge on any atom is 0.305 e. The van der Waals surface area contributed by atoms with E-state index in [9.17, 15) is 28.1 Å².